The van der Waals surface area contributed by atoms with Crippen molar-refractivity contribution in [1.29, 1.82) is 0 Å². The Morgan fingerprint density at radius 1 is 1.26 bits per heavy atom. The van der Waals surface area contributed by atoms with Crippen molar-refractivity contribution in [2.24, 2.45) is 5.41 Å². The zero-order valence-electron chi connectivity index (χ0n) is 11.1. The first-order valence-electron chi connectivity index (χ1n) is 5.98. The second-order valence-electron chi connectivity index (χ2n) is 5.37. The van der Waals surface area contributed by atoms with Crippen LogP contribution in [-0.4, -0.2) is 15.9 Å². The predicted molar refractivity (Wildman–Crippen MR) is 75.6 cm³/mol. The number of nitrogens with zero attached hydrogens (tertiary/aromatic N) is 2. The molecule has 0 aliphatic rings. The number of rotatable bonds is 3. The second kappa shape index (κ2) is 5.25. The first-order valence-corrected chi connectivity index (χ1v) is 6.77. The van der Waals surface area contributed by atoms with E-state index in [0.717, 1.165) is 10.0 Å². The summed E-state index contributed by atoms with van der Waals surface area (Å²) in [5.74, 6) is 0.945. The van der Waals surface area contributed by atoms with E-state index in [1.54, 1.807) is 0 Å². The summed E-state index contributed by atoms with van der Waals surface area (Å²) in [5.41, 5.74) is 0.466. The van der Waals surface area contributed by atoms with E-state index in [-0.39, 0.29) is 12.2 Å². The van der Waals surface area contributed by atoms with Crippen LogP contribution in [0.15, 0.2) is 33.3 Å². The molecule has 0 fully saturated rings. The van der Waals surface area contributed by atoms with Gasteiger partial charge in [0, 0.05) is 15.5 Å². The van der Waals surface area contributed by atoms with Crippen LogP contribution < -0.4 is 0 Å². The minimum absolute atomic E-state index is 0.0820. The van der Waals surface area contributed by atoms with E-state index >= 15 is 0 Å². The second-order valence-corrected chi connectivity index (χ2v) is 6.28. The van der Waals surface area contributed by atoms with E-state index in [4.69, 9.17) is 4.52 Å². The van der Waals surface area contributed by atoms with E-state index in [1.165, 1.54) is 0 Å². The van der Waals surface area contributed by atoms with Crippen LogP contribution >= 0.6 is 15.9 Å². The first-order chi connectivity index (χ1) is 8.86. The molecule has 0 spiro atoms. The van der Waals surface area contributed by atoms with Crippen LogP contribution in [0.25, 0.3) is 11.4 Å². The fourth-order valence-electron chi connectivity index (χ4n) is 1.45. The van der Waals surface area contributed by atoms with Crippen molar-refractivity contribution in [2.75, 3.05) is 0 Å². The maximum absolute atomic E-state index is 11.9. The van der Waals surface area contributed by atoms with Gasteiger partial charge in [0.15, 0.2) is 0 Å². The van der Waals surface area contributed by atoms with Crippen molar-refractivity contribution >= 4 is 21.7 Å². The maximum Gasteiger partial charge on any atom is 0.234 e. The normalized spacial score (nSPS) is 11.6. The Balaban J connectivity index is 2.16. The summed E-state index contributed by atoms with van der Waals surface area (Å²) < 4.78 is 6.11. The van der Waals surface area contributed by atoms with E-state index in [1.807, 2.05) is 45.0 Å². The minimum atomic E-state index is -0.397. The smallest absolute Gasteiger partial charge is 0.234 e. The Hall–Kier alpha value is -1.49. The molecule has 4 nitrogen and oxygen atoms in total. The third kappa shape index (κ3) is 3.50. The standard InChI is InChI=1S/C14H15BrN2O2/c1-14(2,3)11(18)8-12-16-13(17-19-12)9-4-6-10(15)7-5-9/h4-7H,8H2,1-3H3. The molecule has 0 unspecified atom stereocenters. The van der Waals surface area contributed by atoms with Gasteiger partial charge in [-0.05, 0) is 24.3 Å². The molecule has 100 valence electrons. The van der Waals surface area contributed by atoms with Crippen molar-refractivity contribution < 1.29 is 9.32 Å². The molecule has 0 amide bonds. The van der Waals surface area contributed by atoms with E-state index in [9.17, 15) is 4.79 Å². The number of ketones is 1. The van der Waals surface area contributed by atoms with E-state index in [0.29, 0.717) is 11.7 Å². The number of hydrogen-bond acceptors (Lipinski definition) is 4. The van der Waals surface area contributed by atoms with Gasteiger partial charge in [-0.3, -0.25) is 4.79 Å². The first kappa shape index (κ1) is 13.9. The molecule has 2 rings (SSSR count). The van der Waals surface area contributed by atoms with Gasteiger partial charge >= 0.3 is 0 Å². The minimum Gasteiger partial charge on any atom is -0.339 e. The Bertz CT molecular complexity index is 582. The molecule has 0 saturated carbocycles. The highest BCUT2D eigenvalue weighted by atomic mass is 79.9. The summed E-state index contributed by atoms with van der Waals surface area (Å²) in [6.07, 6.45) is 0.174. The largest absolute Gasteiger partial charge is 0.339 e. The van der Waals surface area contributed by atoms with Gasteiger partial charge < -0.3 is 4.52 Å². The molecule has 5 heteroatoms. The Morgan fingerprint density at radius 2 is 1.89 bits per heavy atom. The summed E-state index contributed by atoms with van der Waals surface area (Å²) in [4.78, 5) is 16.1. The van der Waals surface area contributed by atoms with Crippen molar-refractivity contribution in [3.8, 4) is 11.4 Å². The molecule has 0 atom stereocenters. The van der Waals surface area contributed by atoms with Gasteiger partial charge in [-0.2, -0.15) is 4.98 Å². The van der Waals surface area contributed by atoms with Crippen LogP contribution in [0.3, 0.4) is 0 Å². The Morgan fingerprint density at radius 3 is 2.47 bits per heavy atom. The highest BCUT2D eigenvalue weighted by Crippen LogP contribution is 2.21. The molecule has 19 heavy (non-hydrogen) atoms. The number of hydrogen-bond donors (Lipinski definition) is 0. The molecule has 1 aromatic carbocycles. The van der Waals surface area contributed by atoms with Gasteiger partial charge in [-0.25, -0.2) is 0 Å². The van der Waals surface area contributed by atoms with Gasteiger partial charge in [0.25, 0.3) is 0 Å². The van der Waals surface area contributed by atoms with E-state index < -0.39 is 5.41 Å². The van der Waals surface area contributed by atoms with Gasteiger partial charge in [0.2, 0.25) is 11.7 Å². The maximum atomic E-state index is 11.9. The summed E-state index contributed by atoms with van der Waals surface area (Å²) in [7, 11) is 0. The Kier molecular flexibility index (Phi) is 3.85. The third-order valence-electron chi connectivity index (χ3n) is 2.72. The quantitative estimate of drug-likeness (QED) is 0.865. The lowest BCUT2D eigenvalue weighted by Gasteiger charge is -2.14. The molecular weight excluding hydrogens is 308 g/mol. The van der Waals surface area contributed by atoms with E-state index in [2.05, 4.69) is 26.1 Å². The average Bonchev–Trinajstić information content (AvgIpc) is 2.77. The van der Waals surface area contributed by atoms with Gasteiger partial charge in [-0.1, -0.05) is 41.9 Å². The number of carbonyl (C=O) groups excluding carboxylic acids is 1. The fourth-order valence-corrected chi connectivity index (χ4v) is 1.71. The number of Topliss-reactive ketones (excluding diaryl/α,β-unsaturated/α-hetero) is 1. The lowest BCUT2D eigenvalue weighted by molar-refractivity contribution is -0.125. The van der Waals surface area contributed by atoms with Crippen LogP contribution in [0.2, 0.25) is 0 Å². The van der Waals surface area contributed by atoms with Gasteiger partial charge in [0.1, 0.15) is 5.78 Å². The van der Waals surface area contributed by atoms with Crippen LogP contribution in [-0.2, 0) is 11.2 Å². The molecule has 1 aromatic heterocycles. The monoisotopic (exact) mass is 322 g/mol. The zero-order valence-corrected chi connectivity index (χ0v) is 12.7. The topological polar surface area (TPSA) is 56.0 Å². The van der Waals surface area contributed by atoms with Crippen LogP contribution in [0.1, 0.15) is 26.7 Å². The van der Waals surface area contributed by atoms with Crippen LogP contribution in [0.4, 0.5) is 0 Å². The Labute approximate surface area is 120 Å². The molecule has 1 heterocycles. The summed E-state index contributed by atoms with van der Waals surface area (Å²) in [6.45, 7) is 5.63. The van der Waals surface area contributed by atoms with Gasteiger partial charge in [-0.15, -0.1) is 0 Å². The highest BCUT2D eigenvalue weighted by molar-refractivity contribution is 9.10. The highest BCUT2D eigenvalue weighted by Gasteiger charge is 2.23. The van der Waals surface area contributed by atoms with Gasteiger partial charge in [0.05, 0.1) is 6.42 Å². The molecule has 0 bridgehead atoms. The molecule has 0 saturated heterocycles. The molecule has 0 N–H and O–H groups in total. The fraction of sp³-hybridized carbons (Fsp3) is 0.357. The van der Waals surface area contributed by atoms with Crippen molar-refractivity contribution in [3.05, 3.63) is 34.6 Å². The number of halogens is 1. The third-order valence-corrected chi connectivity index (χ3v) is 3.25. The SMILES string of the molecule is CC(C)(C)C(=O)Cc1nc(-c2ccc(Br)cc2)no1. The molecule has 0 aliphatic carbocycles. The van der Waals surface area contributed by atoms with Crippen molar-refractivity contribution in [1.82, 2.24) is 10.1 Å². The van der Waals surface area contributed by atoms with Crippen LogP contribution in [0.5, 0.6) is 0 Å². The summed E-state index contributed by atoms with van der Waals surface area (Å²) in [5, 5.41) is 3.90. The van der Waals surface area contributed by atoms with Crippen LogP contribution in [0, 0.1) is 5.41 Å². The van der Waals surface area contributed by atoms with Crippen molar-refractivity contribution in [2.45, 2.75) is 27.2 Å². The predicted octanol–water partition coefficient (Wildman–Crippen LogP) is 3.66. The summed E-state index contributed by atoms with van der Waals surface area (Å²) >= 11 is 3.37. The summed E-state index contributed by atoms with van der Waals surface area (Å²) in [6, 6.07) is 7.60. The van der Waals surface area contributed by atoms with Crippen molar-refractivity contribution in [3.63, 3.8) is 0 Å². The number of carbonyl (C=O) groups is 1. The molecular formula is C14H15BrN2O2. The molecule has 0 aliphatic heterocycles. The number of benzene rings is 1. The average molecular weight is 323 g/mol. The lowest BCUT2D eigenvalue weighted by atomic mass is 9.89. The lowest BCUT2D eigenvalue weighted by Crippen LogP contribution is -2.22. The zero-order chi connectivity index (χ0) is 14.0. The molecule has 0 radical (unpaired) electrons. The molecule has 2 aromatic rings. The number of aromatic nitrogens is 2.